The number of nitrogens with zero attached hydrogens (tertiary/aromatic N) is 1. The van der Waals surface area contributed by atoms with Crippen LogP contribution >= 0.6 is 0 Å². The molecule has 0 aliphatic carbocycles. The second-order valence-corrected chi connectivity index (χ2v) is 5.84. The number of ether oxygens (including phenoxy) is 2. The van der Waals surface area contributed by atoms with Gasteiger partial charge in [0.1, 0.15) is 12.0 Å². The first-order valence-corrected chi connectivity index (χ1v) is 8.03. The van der Waals surface area contributed by atoms with E-state index in [2.05, 4.69) is 4.90 Å². The number of hydrogen-bond acceptors (Lipinski definition) is 6. The van der Waals surface area contributed by atoms with Crippen LogP contribution in [0.15, 0.2) is 51.9 Å². The molecule has 1 fully saturated rings. The van der Waals surface area contributed by atoms with E-state index in [1.165, 1.54) is 12.3 Å². The molecule has 1 aliphatic rings. The molecule has 2 heterocycles. The Balaban J connectivity index is 1.63. The number of hydrogen-bond donors (Lipinski definition) is 1. The van der Waals surface area contributed by atoms with Gasteiger partial charge in [0, 0.05) is 19.2 Å². The van der Waals surface area contributed by atoms with Crippen molar-refractivity contribution in [2.24, 2.45) is 5.73 Å². The van der Waals surface area contributed by atoms with Crippen LogP contribution in [0.3, 0.4) is 0 Å². The van der Waals surface area contributed by atoms with Gasteiger partial charge in [-0.15, -0.1) is 0 Å². The molecule has 1 aromatic heterocycles. The SMILES string of the molecule is NC(=O)COc1coc(CN2CCO[C@@H](c3ccccc3)C2)cc1=O. The Kier molecular flexibility index (Phi) is 5.47. The molecule has 0 unspecified atom stereocenters. The number of primary amides is 1. The number of nitrogens with two attached hydrogens (primary N) is 1. The minimum Gasteiger partial charge on any atom is -0.477 e. The van der Waals surface area contributed by atoms with Gasteiger partial charge < -0.3 is 19.6 Å². The van der Waals surface area contributed by atoms with E-state index in [0.29, 0.717) is 25.5 Å². The van der Waals surface area contributed by atoms with Gasteiger partial charge in [0.25, 0.3) is 5.91 Å². The molecule has 1 amide bonds. The van der Waals surface area contributed by atoms with Crippen LogP contribution in [0.4, 0.5) is 0 Å². The van der Waals surface area contributed by atoms with Crippen LogP contribution in [0, 0.1) is 0 Å². The summed E-state index contributed by atoms with van der Waals surface area (Å²) in [5.41, 5.74) is 5.78. The van der Waals surface area contributed by atoms with Crippen molar-refractivity contribution in [1.82, 2.24) is 4.90 Å². The largest absolute Gasteiger partial charge is 0.477 e. The lowest BCUT2D eigenvalue weighted by Gasteiger charge is -2.32. The van der Waals surface area contributed by atoms with Gasteiger partial charge in [0.15, 0.2) is 6.61 Å². The van der Waals surface area contributed by atoms with Crippen molar-refractivity contribution in [3.05, 3.63) is 64.2 Å². The number of carbonyl (C=O) groups excluding carboxylic acids is 1. The minimum atomic E-state index is -0.649. The zero-order valence-electron chi connectivity index (χ0n) is 13.7. The van der Waals surface area contributed by atoms with Crippen LogP contribution in [-0.4, -0.2) is 37.1 Å². The predicted octanol–water partition coefficient (Wildman–Crippen LogP) is 1.08. The summed E-state index contributed by atoms with van der Waals surface area (Å²) in [7, 11) is 0. The van der Waals surface area contributed by atoms with E-state index in [1.807, 2.05) is 30.3 Å². The molecule has 0 bridgehead atoms. The summed E-state index contributed by atoms with van der Waals surface area (Å²) in [6.07, 6.45) is 1.22. The maximum absolute atomic E-state index is 12.0. The molecule has 1 aliphatic heterocycles. The summed E-state index contributed by atoms with van der Waals surface area (Å²) in [6.45, 7) is 2.23. The predicted molar refractivity (Wildman–Crippen MR) is 90.1 cm³/mol. The van der Waals surface area contributed by atoms with E-state index in [9.17, 15) is 9.59 Å². The lowest BCUT2D eigenvalue weighted by atomic mass is 10.1. The van der Waals surface area contributed by atoms with Crippen molar-refractivity contribution in [1.29, 1.82) is 0 Å². The Morgan fingerprint density at radius 3 is 2.84 bits per heavy atom. The van der Waals surface area contributed by atoms with Crippen molar-refractivity contribution >= 4 is 5.91 Å². The van der Waals surface area contributed by atoms with Crippen LogP contribution in [-0.2, 0) is 16.1 Å². The van der Waals surface area contributed by atoms with E-state index < -0.39 is 5.91 Å². The monoisotopic (exact) mass is 344 g/mol. The lowest BCUT2D eigenvalue weighted by Crippen LogP contribution is -2.37. The molecule has 0 spiro atoms. The first-order chi connectivity index (χ1) is 12.1. The van der Waals surface area contributed by atoms with Gasteiger partial charge in [-0.2, -0.15) is 0 Å². The Labute approximate surface area is 144 Å². The van der Waals surface area contributed by atoms with Crippen LogP contribution in [0.1, 0.15) is 17.4 Å². The molecule has 1 aromatic carbocycles. The van der Waals surface area contributed by atoms with Crippen molar-refractivity contribution in [3.63, 3.8) is 0 Å². The van der Waals surface area contributed by atoms with E-state index in [4.69, 9.17) is 19.6 Å². The minimum absolute atomic E-state index is 0.000143. The normalized spacial score (nSPS) is 18.0. The van der Waals surface area contributed by atoms with Crippen molar-refractivity contribution in [3.8, 4) is 5.75 Å². The van der Waals surface area contributed by atoms with Crippen LogP contribution in [0.5, 0.6) is 5.75 Å². The summed E-state index contributed by atoms with van der Waals surface area (Å²) in [6, 6.07) is 11.4. The van der Waals surface area contributed by atoms with Gasteiger partial charge in [-0.25, -0.2) is 0 Å². The standard InChI is InChI=1S/C18H20N2O5/c19-18(22)12-25-17-11-24-14(8-15(17)21)9-20-6-7-23-16(10-20)13-4-2-1-3-5-13/h1-5,8,11,16H,6-7,9-10,12H2,(H2,19,22)/t16-/m1/s1. The van der Waals surface area contributed by atoms with Crippen LogP contribution in [0.25, 0.3) is 0 Å². The molecule has 1 atom stereocenters. The van der Waals surface area contributed by atoms with Crippen LogP contribution < -0.4 is 15.9 Å². The molecule has 132 valence electrons. The fourth-order valence-electron chi connectivity index (χ4n) is 2.71. The first-order valence-electron chi connectivity index (χ1n) is 8.03. The topological polar surface area (TPSA) is 95.0 Å². The molecule has 0 saturated carbocycles. The molecule has 0 radical (unpaired) electrons. The maximum atomic E-state index is 12.0. The van der Waals surface area contributed by atoms with Gasteiger partial charge in [0.2, 0.25) is 11.2 Å². The third-order valence-corrected chi connectivity index (χ3v) is 3.92. The number of carbonyl (C=O) groups is 1. The molecule has 25 heavy (non-hydrogen) atoms. The molecular formula is C18H20N2O5. The summed E-state index contributed by atoms with van der Waals surface area (Å²) < 4.78 is 16.3. The Hall–Kier alpha value is -2.64. The van der Waals surface area contributed by atoms with Crippen LogP contribution in [0.2, 0.25) is 0 Å². The van der Waals surface area contributed by atoms with E-state index >= 15 is 0 Å². The Morgan fingerprint density at radius 2 is 2.12 bits per heavy atom. The molecule has 2 aromatic rings. The lowest BCUT2D eigenvalue weighted by molar-refractivity contribution is -0.119. The third kappa shape index (κ3) is 4.68. The van der Waals surface area contributed by atoms with Gasteiger partial charge in [0.05, 0.1) is 19.3 Å². The van der Waals surface area contributed by atoms with Gasteiger partial charge in [-0.1, -0.05) is 30.3 Å². The molecule has 2 N–H and O–H groups in total. The van der Waals surface area contributed by atoms with Gasteiger partial charge in [-0.3, -0.25) is 14.5 Å². The second-order valence-electron chi connectivity index (χ2n) is 5.84. The summed E-state index contributed by atoms with van der Waals surface area (Å²) in [4.78, 5) is 24.9. The zero-order chi connectivity index (χ0) is 17.6. The fraction of sp³-hybridized carbons (Fsp3) is 0.333. The summed E-state index contributed by atoms with van der Waals surface area (Å²) >= 11 is 0. The highest BCUT2D eigenvalue weighted by Gasteiger charge is 2.22. The van der Waals surface area contributed by atoms with Crippen molar-refractivity contribution in [2.45, 2.75) is 12.6 Å². The number of benzene rings is 1. The number of morpholine rings is 1. The van der Waals surface area contributed by atoms with Gasteiger partial charge in [-0.05, 0) is 5.56 Å². The van der Waals surface area contributed by atoms with E-state index in [-0.39, 0.29) is 23.9 Å². The first kappa shape index (κ1) is 17.2. The zero-order valence-corrected chi connectivity index (χ0v) is 13.7. The Bertz CT molecular complexity index is 775. The summed E-state index contributed by atoms with van der Waals surface area (Å²) in [5.74, 6) is -0.138. The Morgan fingerprint density at radius 1 is 1.32 bits per heavy atom. The maximum Gasteiger partial charge on any atom is 0.255 e. The molecule has 1 saturated heterocycles. The van der Waals surface area contributed by atoms with Crippen molar-refractivity contribution < 1.29 is 18.7 Å². The molecular weight excluding hydrogens is 324 g/mol. The average Bonchev–Trinajstić information content (AvgIpc) is 2.62. The molecule has 3 rings (SSSR count). The second kappa shape index (κ2) is 7.96. The quantitative estimate of drug-likeness (QED) is 0.842. The fourth-order valence-corrected chi connectivity index (χ4v) is 2.71. The highest BCUT2D eigenvalue weighted by molar-refractivity contribution is 5.75. The molecule has 7 nitrogen and oxygen atoms in total. The van der Waals surface area contributed by atoms with Gasteiger partial charge >= 0.3 is 0 Å². The number of rotatable bonds is 6. The average molecular weight is 344 g/mol. The highest BCUT2D eigenvalue weighted by atomic mass is 16.5. The van der Waals surface area contributed by atoms with Crippen molar-refractivity contribution in [2.75, 3.05) is 26.3 Å². The molecule has 7 heteroatoms. The smallest absolute Gasteiger partial charge is 0.255 e. The number of amides is 1. The third-order valence-electron chi connectivity index (χ3n) is 3.92. The highest BCUT2D eigenvalue weighted by Crippen LogP contribution is 2.23. The van der Waals surface area contributed by atoms with E-state index in [1.54, 1.807) is 0 Å². The van der Waals surface area contributed by atoms with E-state index in [0.717, 1.165) is 12.1 Å². The summed E-state index contributed by atoms with van der Waals surface area (Å²) in [5, 5.41) is 0.